The van der Waals surface area contributed by atoms with Gasteiger partial charge in [0.25, 0.3) is 0 Å². The molecule has 2 aromatic carbocycles. The minimum absolute atomic E-state index is 0.0699. The summed E-state index contributed by atoms with van der Waals surface area (Å²) in [7, 11) is -5.73. The Morgan fingerprint density at radius 1 is 0.923 bits per heavy atom. The highest BCUT2D eigenvalue weighted by Crippen LogP contribution is 2.55. The summed E-state index contributed by atoms with van der Waals surface area (Å²) < 4.78 is 49.7. The zero-order chi connectivity index (χ0) is 29.1. The summed E-state index contributed by atoms with van der Waals surface area (Å²) in [6.45, 7) is 8.95. The number of esters is 1. The molecule has 0 aliphatic carbocycles. The van der Waals surface area contributed by atoms with Gasteiger partial charge in [0.2, 0.25) is 7.37 Å². The van der Waals surface area contributed by atoms with Crippen LogP contribution in [0.1, 0.15) is 64.0 Å². The fourth-order valence-corrected chi connectivity index (χ4v) is 6.62. The van der Waals surface area contributed by atoms with Crippen molar-refractivity contribution in [1.82, 2.24) is 0 Å². The fourth-order valence-electron chi connectivity index (χ4n) is 4.00. The first-order chi connectivity index (χ1) is 18.4. The Balaban J connectivity index is 2.66. The van der Waals surface area contributed by atoms with Crippen LogP contribution in [-0.4, -0.2) is 44.5 Å². The van der Waals surface area contributed by atoms with Gasteiger partial charge in [-0.1, -0.05) is 49.6 Å². The smallest absolute Gasteiger partial charge is 0.379 e. The van der Waals surface area contributed by atoms with Crippen LogP contribution in [0.5, 0.6) is 11.5 Å². The van der Waals surface area contributed by atoms with Crippen LogP contribution in [0.2, 0.25) is 0 Å². The molecule has 216 valence electrons. The van der Waals surface area contributed by atoms with Gasteiger partial charge in [-0.3, -0.25) is 9.36 Å². The van der Waals surface area contributed by atoms with Gasteiger partial charge in [0.05, 0.1) is 24.8 Å². The van der Waals surface area contributed by atoms with Crippen LogP contribution in [0.25, 0.3) is 11.1 Å². The number of hydrogen-bond donors (Lipinski definition) is 0. The van der Waals surface area contributed by atoms with Gasteiger partial charge in [0.15, 0.2) is 0 Å². The third-order valence-electron chi connectivity index (χ3n) is 6.07. The van der Waals surface area contributed by atoms with Gasteiger partial charge in [-0.15, -0.1) is 0 Å². The van der Waals surface area contributed by atoms with Crippen LogP contribution in [0.4, 0.5) is 0 Å². The molecule has 0 aliphatic rings. The predicted octanol–water partition coefficient (Wildman–Crippen LogP) is 7.83. The van der Waals surface area contributed by atoms with Crippen LogP contribution in [0.15, 0.2) is 36.4 Å². The molecule has 10 heteroatoms. The second kappa shape index (κ2) is 15.4. The maximum atomic E-state index is 13.7. The number of ketones is 1. The Morgan fingerprint density at radius 2 is 1.62 bits per heavy atom. The van der Waals surface area contributed by atoms with Crippen molar-refractivity contribution >= 4 is 26.7 Å². The fraction of sp³-hybridized carbons (Fsp3) is 0.517. The van der Waals surface area contributed by atoms with Crippen LogP contribution in [0.3, 0.4) is 0 Å². The Kier molecular flexibility index (Phi) is 13.0. The summed E-state index contributed by atoms with van der Waals surface area (Å²) in [5.41, 5.74) is 3.05. The molecule has 2 unspecified atom stereocenters. The van der Waals surface area contributed by atoms with Crippen LogP contribution in [0, 0.1) is 6.92 Å². The molecular weight excluding hydrogens is 538 g/mol. The Bertz CT molecular complexity index is 1220. The number of Topliss-reactive ketones (excluding diaryl/α,β-unsaturated/α-hetero) is 1. The van der Waals surface area contributed by atoms with Crippen molar-refractivity contribution in [3.63, 3.8) is 0 Å². The minimum Gasteiger partial charge on any atom is -0.466 e. The lowest BCUT2D eigenvalue weighted by atomic mass is 9.98. The number of rotatable bonds is 17. The van der Waals surface area contributed by atoms with Crippen molar-refractivity contribution < 1.29 is 37.0 Å². The summed E-state index contributed by atoms with van der Waals surface area (Å²) in [5, 5.41) is 0. The molecule has 0 aliphatic heterocycles. The molecule has 39 heavy (non-hydrogen) atoms. The number of ether oxygens (including phenoxy) is 1. The Hall–Kier alpha value is -2.40. The van der Waals surface area contributed by atoms with Crippen molar-refractivity contribution in [2.75, 3.05) is 32.7 Å². The highest BCUT2D eigenvalue weighted by Gasteiger charge is 2.30. The van der Waals surface area contributed by atoms with E-state index in [1.54, 1.807) is 6.92 Å². The normalized spacial score (nSPS) is 14.2. The SMILES string of the molecule is CCCCCc1cc(OP(C)(=O)CCC(C)=O)c(-c2cccc(C)c2)c(OP(=O)(CCC(=O)OCC)OC)c1. The van der Waals surface area contributed by atoms with E-state index in [-0.39, 0.29) is 43.3 Å². The van der Waals surface area contributed by atoms with Crippen LogP contribution >= 0.6 is 15.0 Å². The highest BCUT2D eigenvalue weighted by molar-refractivity contribution is 7.58. The van der Waals surface area contributed by atoms with Crippen molar-refractivity contribution in [2.24, 2.45) is 0 Å². The molecule has 0 amide bonds. The first-order valence-corrected chi connectivity index (χ1v) is 17.4. The predicted molar refractivity (Wildman–Crippen MR) is 156 cm³/mol. The van der Waals surface area contributed by atoms with E-state index in [0.717, 1.165) is 36.0 Å². The van der Waals surface area contributed by atoms with Gasteiger partial charge in [-0.05, 0) is 56.9 Å². The monoisotopic (exact) mass is 580 g/mol. The summed E-state index contributed by atoms with van der Waals surface area (Å²) in [5.74, 6) is 0.0174. The molecule has 2 atom stereocenters. The molecule has 8 nitrogen and oxygen atoms in total. The van der Waals surface area contributed by atoms with Gasteiger partial charge in [-0.2, -0.15) is 0 Å². The quantitative estimate of drug-likeness (QED) is 0.106. The molecule has 0 aromatic heterocycles. The molecule has 0 N–H and O–H groups in total. The average Bonchev–Trinajstić information content (AvgIpc) is 2.86. The van der Waals surface area contributed by atoms with Gasteiger partial charge in [-0.25, -0.2) is 4.57 Å². The maximum absolute atomic E-state index is 13.7. The molecular formula is C29H42O8P2. The van der Waals surface area contributed by atoms with Gasteiger partial charge in [0.1, 0.15) is 17.3 Å². The van der Waals surface area contributed by atoms with Gasteiger partial charge >= 0.3 is 13.6 Å². The number of benzene rings is 2. The number of hydrogen-bond acceptors (Lipinski definition) is 8. The zero-order valence-electron chi connectivity index (χ0n) is 24.0. The van der Waals surface area contributed by atoms with E-state index in [1.165, 1.54) is 20.7 Å². The molecule has 0 saturated heterocycles. The molecule has 0 saturated carbocycles. The van der Waals surface area contributed by atoms with E-state index in [4.69, 9.17) is 18.3 Å². The third-order valence-corrected chi connectivity index (χ3v) is 9.50. The summed E-state index contributed by atoms with van der Waals surface area (Å²) >= 11 is 0. The van der Waals surface area contributed by atoms with E-state index in [9.17, 15) is 18.7 Å². The molecule has 0 heterocycles. The lowest BCUT2D eigenvalue weighted by Gasteiger charge is -2.24. The Morgan fingerprint density at radius 3 is 2.21 bits per heavy atom. The van der Waals surface area contributed by atoms with Crippen LogP contribution in [-0.2, 0) is 34.4 Å². The van der Waals surface area contributed by atoms with E-state index < -0.39 is 20.9 Å². The topological polar surface area (TPSA) is 105 Å². The number of aryl methyl sites for hydroxylation is 2. The summed E-state index contributed by atoms with van der Waals surface area (Å²) in [6.07, 6.45) is 3.61. The maximum Gasteiger partial charge on any atom is 0.379 e. The second-order valence-electron chi connectivity index (χ2n) is 9.74. The van der Waals surface area contributed by atoms with Crippen LogP contribution < -0.4 is 9.05 Å². The van der Waals surface area contributed by atoms with E-state index in [1.807, 2.05) is 43.3 Å². The molecule has 0 radical (unpaired) electrons. The number of unbranched alkanes of at least 4 members (excludes halogenated alkanes) is 2. The number of carbonyl (C=O) groups is 2. The van der Waals surface area contributed by atoms with E-state index in [0.29, 0.717) is 17.7 Å². The van der Waals surface area contributed by atoms with Crippen molar-refractivity contribution in [2.45, 2.75) is 66.2 Å². The largest absolute Gasteiger partial charge is 0.466 e. The second-order valence-corrected chi connectivity index (χ2v) is 14.6. The minimum atomic E-state index is -3.78. The van der Waals surface area contributed by atoms with Crippen molar-refractivity contribution in [3.8, 4) is 22.6 Å². The first-order valence-electron chi connectivity index (χ1n) is 13.4. The van der Waals surface area contributed by atoms with E-state index in [2.05, 4.69) is 6.92 Å². The van der Waals surface area contributed by atoms with Crippen molar-refractivity contribution in [1.29, 1.82) is 0 Å². The molecule has 0 spiro atoms. The molecule has 0 bridgehead atoms. The molecule has 2 aromatic rings. The van der Waals surface area contributed by atoms with Gasteiger partial charge in [0, 0.05) is 26.4 Å². The first kappa shape index (κ1) is 32.8. The van der Waals surface area contributed by atoms with E-state index >= 15 is 0 Å². The average molecular weight is 581 g/mol. The highest BCUT2D eigenvalue weighted by atomic mass is 31.2. The molecule has 0 fully saturated rings. The standard InChI is InChI=1S/C29H42O8P2/c1-7-9-10-13-24-20-26(36-38(6,32)17-15-23(4)30)29(25-14-11-12-22(3)19-25)27(21-24)37-39(33,34-5)18-16-28(31)35-8-2/h11-12,14,19-21H,7-10,13,15-18H2,1-6H3. The summed E-state index contributed by atoms with van der Waals surface area (Å²) in [6, 6.07) is 11.3. The van der Waals surface area contributed by atoms with Crippen molar-refractivity contribution in [3.05, 3.63) is 47.5 Å². The Labute approximate surface area is 232 Å². The molecule has 2 rings (SSSR count). The number of carbonyl (C=O) groups excluding carboxylic acids is 2. The third kappa shape index (κ3) is 10.9. The lowest BCUT2D eigenvalue weighted by molar-refractivity contribution is -0.142. The lowest BCUT2D eigenvalue weighted by Crippen LogP contribution is -2.10. The zero-order valence-corrected chi connectivity index (χ0v) is 25.8. The van der Waals surface area contributed by atoms with Gasteiger partial charge < -0.3 is 23.1 Å². The summed E-state index contributed by atoms with van der Waals surface area (Å²) in [4.78, 5) is 23.6.